The molecule has 1 N–H and O–H groups in total. The van der Waals surface area contributed by atoms with Crippen molar-refractivity contribution in [1.82, 2.24) is 0 Å². The van der Waals surface area contributed by atoms with Crippen molar-refractivity contribution in [2.45, 2.75) is 23.8 Å². The highest BCUT2D eigenvalue weighted by Crippen LogP contribution is 2.23. The Morgan fingerprint density at radius 3 is 2.57 bits per heavy atom. The van der Waals surface area contributed by atoms with Gasteiger partial charge in [-0.25, -0.2) is 21.2 Å². The molecule has 118 valence electrons. The van der Waals surface area contributed by atoms with E-state index in [1.165, 1.54) is 0 Å². The number of halogens is 2. The Labute approximate surface area is 126 Å². The van der Waals surface area contributed by atoms with Crippen molar-refractivity contribution < 1.29 is 26.0 Å². The Bertz CT molecular complexity index is 729. The van der Waals surface area contributed by atoms with E-state index >= 15 is 0 Å². The average molecular weight is 358 g/mol. The first-order valence-electron chi connectivity index (χ1n) is 6.04. The van der Waals surface area contributed by atoms with Gasteiger partial charge >= 0.3 is 0 Å². The zero-order valence-electron chi connectivity index (χ0n) is 10.8. The minimum Gasteiger partial charge on any atom is -0.377 e. The molecule has 0 saturated carbocycles. The van der Waals surface area contributed by atoms with Crippen molar-refractivity contribution in [2.75, 3.05) is 17.1 Å². The number of hydrogen-bond donors (Lipinski definition) is 1. The summed E-state index contributed by atoms with van der Waals surface area (Å²) in [5, 5.41) is 0. The topological polar surface area (TPSA) is 89.5 Å². The molecule has 1 fully saturated rings. The normalized spacial score (nSPS) is 19.6. The van der Waals surface area contributed by atoms with Gasteiger partial charge in [0.15, 0.2) is 0 Å². The lowest BCUT2D eigenvalue weighted by atomic mass is 10.3. The molecule has 6 nitrogen and oxygen atoms in total. The quantitative estimate of drug-likeness (QED) is 0.810. The average Bonchev–Trinajstić information content (AvgIpc) is 2.78. The van der Waals surface area contributed by atoms with Crippen LogP contribution in [0.2, 0.25) is 0 Å². The highest BCUT2D eigenvalue weighted by atomic mass is 35.7. The molecule has 0 aliphatic carbocycles. The van der Waals surface area contributed by atoms with Crippen molar-refractivity contribution in [3.63, 3.8) is 0 Å². The SMILES string of the molecule is O=S(=O)(CC1CCCO1)Nc1ccc(S(=O)(=O)Cl)c(F)c1. The van der Waals surface area contributed by atoms with Crippen LogP contribution in [0.25, 0.3) is 0 Å². The van der Waals surface area contributed by atoms with E-state index in [2.05, 4.69) is 4.72 Å². The molecule has 0 bridgehead atoms. The van der Waals surface area contributed by atoms with E-state index in [4.69, 9.17) is 15.4 Å². The number of sulfonamides is 1. The predicted molar refractivity (Wildman–Crippen MR) is 75.8 cm³/mol. The van der Waals surface area contributed by atoms with Crippen LogP contribution in [0.3, 0.4) is 0 Å². The van der Waals surface area contributed by atoms with Crippen LogP contribution in [0.4, 0.5) is 10.1 Å². The largest absolute Gasteiger partial charge is 0.377 e. The third-order valence-corrected chi connectivity index (χ3v) is 5.61. The van der Waals surface area contributed by atoms with Crippen molar-refractivity contribution in [3.8, 4) is 0 Å². The van der Waals surface area contributed by atoms with Crippen LogP contribution in [-0.2, 0) is 23.8 Å². The molecule has 0 amide bonds. The van der Waals surface area contributed by atoms with Gasteiger partial charge in [-0.15, -0.1) is 0 Å². The lowest BCUT2D eigenvalue weighted by Crippen LogP contribution is -2.25. The zero-order valence-corrected chi connectivity index (χ0v) is 13.1. The number of benzene rings is 1. The van der Waals surface area contributed by atoms with Crippen molar-refractivity contribution in [1.29, 1.82) is 0 Å². The molecule has 1 aliphatic rings. The monoisotopic (exact) mass is 357 g/mol. The third kappa shape index (κ3) is 4.53. The Hall–Kier alpha value is -0.900. The maximum atomic E-state index is 13.6. The van der Waals surface area contributed by atoms with Gasteiger partial charge < -0.3 is 4.74 Å². The number of ether oxygens (including phenoxy) is 1. The maximum Gasteiger partial charge on any atom is 0.264 e. The molecule has 1 heterocycles. The summed E-state index contributed by atoms with van der Waals surface area (Å²) in [6.45, 7) is 0.525. The van der Waals surface area contributed by atoms with E-state index in [1.807, 2.05) is 0 Å². The van der Waals surface area contributed by atoms with Gasteiger partial charge in [-0.2, -0.15) is 0 Å². The summed E-state index contributed by atoms with van der Waals surface area (Å²) in [7, 11) is -2.88. The van der Waals surface area contributed by atoms with E-state index in [0.717, 1.165) is 24.6 Å². The van der Waals surface area contributed by atoms with Gasteiger partial charge in [0.25, 0.3) is 9.05 Å². The molecule has 1 aromatic carbocycles. The second kappa shape index (κ2) is 6.07. The highest BCUT2D eigenvalue weighted by Gasteiger charge is 2.24. The Kier molecular flexibility index (Phi) is 4.76. The number of hydrogen-bond acceptors (Lipinski definition) is 5. The summed E-state index contributed by atoms with van der Waals surface area (Å²) < 4.78 is 66.9. The van der Waals surface area contributed by atoms with Gasteiger partial charge in [-0.3, -0.25) is 4.72 Å². The van der Waals surface area contributed by atoms with E-state index in [0.29, 0.717) is 13.0 Å². The fourth-order valence-electron chi connectivity index (χ4n) is 2.00. The second-order valence-corrected chi connectivity index (χ2v) is 8.90. The molecule has 1 unspecified atom stereocenters. The molecule has 0 radical (unpaired) electrons. The molecule has 1 aromatic rings. The lowest BCUT2D eigenvalue weighted by Gasteiger charge is -2.12. The summed E-state index contributed by atoms with van der Waals surface area (Å²) in [5.41, 5.74) is -0.0745. The van der Waals surface area contributed by atoms with Gasteiger partial charge in [-0.1, -0.05) is 0 Å². The highest BCUT2D eigenvalue weighted by molar-refractivity contribution is 8.13. The Morgan fingerprint density at radius 1 is 1.33 bits per heavy atom. The Balaban J connectivity index is 2.14. The fourth-order valence-corrected chi connectivity index (χ4v) is 4.22. The molecule has 0 aromatic heterocycles. The fraction of sp³-hybridized carbons (Fsp3) is 0.455. The molecule has 2 rings (SSSR count). The molecular weight excluding hydrogens is 345 g/mol. The molecule has 1 aliphatic heterocycles. The first kappa shape index (κ1) is 16.5. The van der Waals surface area contributed by atoms with E-state index in [9.17, 15) is 21.2 Å². The van der Waals surface area contributed by atoms with Gasteiger partial charge in [-0.05, 0) is 31.0 Å². The van der Waals surface area contributed by atoms with Gasteiger partial charge in [0.1, 0.15) is 10.7 Å². The smallest absolute Gasteiger partial charge is 0.264 e. The summed E-state index contributed by atoms with van der Waals surface area (Å²) in [6, 6.07) is 2.80. The van der Waals surface area contributed by atoms with Crippen LogP contribution in [0, 0.1) is 5.82 Å². The number of nitrogens with one attached hydrogen (secondary N) is 1. The molecule has 21 heavy (non-hydrogen) atoms. The first-order chi connectivity index (χ1) is 9.67. The minimum absolute atomic E-state index is 0.0745. The summed E-state index contributed by atoms with van der Waals surface area (Å²) >= 11 is 0. The van der Waals surface area contributed by atoms with Crippen LogP contribution in [0.15, 0.2) is 23.1 Å². The van der Waals surface area contributed by atoms with Crippen molar-refractivity contribution in [2.24, 2.45) is 0 Å². The van der Waals surface area contributed by atoms with Gasteiger partial charge in [0.2, 0.25) is 10.0 Å². The van der Waals surface area contributed by atoms with Gasteiger partial charge in [0.05, 0.1) is 17.5 Å². The van der Waals surface area contributed by atoms with E-state index in [-0.39, 0.29) is 17.5 Å². The summed E-state index contributed by atoms with van der Waals surface area (Å²) in [4.78, 5) is -0.703. The van der Waals surface area contributed by atoms with Crippen molar-refractivity contribution in [3.05, 3.63) is 24.0 Å². The number of rotatable bonds is 5. The first-order valence-corrected chi connectivity index (χ1v) is 10.00. The molecular formula is C11H13ClFNO5S2. The van der Waals surface area contributed by atoms with Crippen LogP contribution in [0.1, 0.15) is 12.8 Å². The molecule has 0 spiro atoms. The minimum atomic E-state index is -4.21. The third-order valence-electron chi connectivity index (χ3n) is 2.90. The second-order valence-electron chi connectivity index (χ2n) is 4.60. The van der Waals surface area contributed by atoms with Crippen LogP contribution in [-0.4, -0.2) is 35.3 Å². The molecule has 1 atom stereocenters. The van der Waals surface area contributed by atoms with Crippen LogP contribution < -0.4 is 4.72 Å². The molecule has 10 heteroatoms. The van der Waals surface area contributed by atoms with Crippen LogP contribution in [0.5, 0.6) is 0 Å². The van der Waals surface area contributed by atoms with Crippen LogP contribution >= 0.6 is 10.7 Å². The van der Waals surface area contributed by atoms with E-state index < -0.39 is 29.8 Å². The van der Waals surface area contributed by atoms with Gasteiger partial charge in [0, 0.05) is 17.3 Å². The summed E-state index contributed by atoms with van der Waals surface area (Å²) in [5.74, 6) is -1.35. The zero-order chi connectivity index (χ0) is 15.7. The number of anilines is 1. The lowest BCUT2D eigenvalue weighted by molar-refractivity contribution is 0.127. The van der Waals surface area contributed by atoms with E-state index in [1.54, 1.807) is 0 Å². The summed E-state index contributed by atoms with van der Waals surface area (Å²) in [6.07, 6.45) is 1.07. The Morgan fingerprint density at radius 2 is 2.05 bits per heavy atom. The maximum absolute atomic E-state index is 13.6. The predicted octanol–water partition coefficient (Wildman–Crippen LogP) is 1.67. The molecule has 1 saturated heterocycles. The van der Waals surface area contributed by atoms with Crippen molar-refractivity contribution >= 4 is 35.4 Å². The standard InChI is InChI=1S/C11H13ClFNO5S2/c12-21(17,18)11-4-3-8(6-10(11)13)14-20(15,16)7-9-2-1-5-19-9/h3-4,6,9,14H,1-2,5,7H2.